The van der Waals surface area contributed by atoms with Crippen LogP contribution in [0.5, 0.6) is 11.5 Å². The lowest BCUT2D eigenvalue weighted by Crippen LogP contribution is -2.28. The van der Waals surface area contributed by atoms with Crippen molar-refractivity contribution in [3.63, 3.8) is 0 Å². The number of ether oxygens (including phenoxy) is 2. The number of anilines is 1. The molecule has 1 aromatic heterocycles. The maximum Gasteiger partial charge on any atom is 0.269 e. The Morgan fingerprint density at radius 3 is 2.39 bits per heavy atom. The predicted octanol–water partition coefficient (Wildman–Crippen LogP) is 4.03. The van der Waals surface area contributed by atoms with E-state index in [1.165, 1.54) is 38.5 Å². The summed E-state index contributed by atoms with van der Waals surface area (Å²) >= 11 is 0. The van der Waals surface area contributed by atoms with E-state index in [1.807, 2.05) is 30.3 Å². The number of amides is 1. The number of nitrogens with zero attached hydrogens (tertiary/aromatic N) is 1. The number of hydrogen-bond acceptors (Lipinski definition) is 5. The van der Waals surface area contributed by atoms with Crippen molar-refractivity contribution in [2.45, 2.75) is 44.6 Å². The van der Waals surface area contributed by atoms with Gasteiger partial charge in [-0.1, -0.05) is 25.7 Å². The second kappa shape index (κ2) is 10.5. The van der Waals surface area contributed by atoms with Crippen molar-refractivity contribution in [2.24, 2.45) is 0 Å². The highest BCUT2D eigenvalue weighted by Crippen LogP contribution is 2.21. The normalized spacial score (nSPS) is 14.8. The topological polar surface area (TPSA) is 72.5 Å². The van der Waals surface area contributed by atoms with Gasteiger partial charge in [-0.05, 0) is 49.2 Å². The standard InChI is InChI=1S/C22H29N3O3/c1-27-19-9-11-20(12-10-19)28-15-14-23-22(26)21-13-8-18(16-24-21)25-17-6-4-2-3-5-7-17/h8-13,16-17,25H,2-7,14-15H2,1H3,(H,23,26). The van der Waals surface area contributed by atoms with Crippen LogP contribution >= 0.6 is 0 Å². The molecule has 1 amide bonds. The van der Waals surface area contributed by atoms with E-state index in [4.69, 9.17) is 9.47 Å². The molecule has 0 atom stereocenters. The van der Waals surface area contributed by atoms with Gasteiger partial charge in [-0.15, -0.1) is 0 Å². The average molecular weight is 383 g/mol. The molecule has 28 heavy (non-hydrogen) atoms. The highest BCUT2D eigenvalue weighted by atomic mass is 16.5. The second-order valence-electron chi connectivity index (χ2n) is 7.04. The molecule has 6 heteroatoms. The maximum absolute atomic E-state index is 12.2. The van der Waals surface area contributed by atoms with Crippen LogP contribution in [0.3, 0.4) is 0 Å². The van der Waals surface area contributed by atoms with Gasteiger partial charge < -0.3 is 20.1 Å². The fraction of sp³-hybridized carbons (Fsp3) is 0.455. The first-order valence-corrected chi connectivity index (χ1v) is 10.0. The molecule has 1 heterocycles. The van der Waals surface area contributed by atoms with E-state index in [2.05, 4.69) is 15.6 Å². The summed E-state index contributed by atoms with van der Waals surface area (Å²) in [6, 6.07) is 11.5. The predicted molar refractivity (Wildman–Crippen MR) is 110 cm³/mol. The number of hydrogen-bond donors (Lipinski definition) is 2. The molecule has 2 N–H and O–H groups in total. The molecule has 0 unspecified atom stereocenters. The monoisotopic (exact) mass is 383 g/mol. The van der Waals surface area contributed by atoms with Gasteiger partial charge in [0.2, 0.25) is 0 Å². The molecule has 0 saturated heterocycles. The smallest absolute Gasteiger partial charge is 0.269 e. The highest BCUT2D eigenvalue weighted by molar-refractivity contribution is 5.92. The van der Waals surface area contributed by atoms with Crippen molar-refractivity contribution < 1.29 is 14.3 Å². The summed E-state index contributed by atoms with van der Waals surface area (Å²) in [4.78, 5) is 16.5. The van der Waals surface area contributed by atoms with E-state index in [-0.39, 0.29) is 5.91 Å². The van der Waals surface area contributed by atoms with Crippen molar-refractivity contribution >= 4 is 11.6 Å². The van der Waals surface area contributed by atoms with E-state index in [9.17, 15) is 4.79 Å². The molecule has 1 saturated carbocycles. The third-order valence-electron chi connectivity index (χ3n) is 4.94. The summed E-state index contributed by atoms with van der Waals surface area (Å²) in [7, 11) is 1.62. The molecule has 1 fully saturated rings. The molecule has 1 aliphatic rings. The van der Waals surface area contributed by atoms with Crippen molar-refractivity contribution in [3.8, 4) is 11.5 Å². The van der Waals surface area contributed by atoms with Gasteiger partial charge in [-0.25, -0.2) is 4.98 Å². The molecule has 0 spiro atoms. The Morgan fingerprint density at radius 1 is 1.04 bits per heavy atom. The van der Waals surface area contributed by atoms with Gasteiger partial charge in [0.1, 0.15) is 23.8 Å². The Labute approximate surface area is 166 Å². The zero-order valence-electron chi connectivity index (χ0n) is 16.4. The number of pyridine rings is 1. The molecule has 0 bridgehead atoms. The number of benzene rings is 1. The SMILES string of the molecule is COc1ccc(OCCNC(=O)c2ccc(NC3CCCCCC3)cn2)cc1. The number of rotatable bonds is 8. The molecule has 0 aliphatic heterocycles. The van der Waals surface area contributed by atoms with Gasteiger partial charge in [0.05, 0.1) is 25.5 Å². The Hall–Kier alpha value is -2.76. The zero-order chi connectivity index (χ0) is 19.6. The van der Waals surface area contributed by atoms with Gasteiger partial charge in [0.15, 0.2) is 0 Å². The largest absolute Gasteiger partial charge is 0.497 e. The van der Waals surface area contributed by atoms with E-state index in [1.54, 1.807) is 19.4 Å². The average Bonchev–Trinajstić information content (AvgIpc) is 3.01. The molecule has 1 aliphatic carbocycles. The van der Waals surface area contributed by atoms with Gasteiger partial charge in [-0.2, -0.15) is 0 Å². The lowest BCUT2D eigenvalue weighted by molar-refractivity contribution is 0.0942. The number of carbonyl (C=O) groups is 1. The molecule has 0 radical (unpaired) electrons. The summed E-state index contributed by atoms with van der Waals surface area (Å²) in [6.45, 7) is 0.800. The maximum atomic E-state index is 12.2. The third-order valence-corrected chi connectivity index (χ3v) is 4.94. The minimum absolute atomic E-state index is 0.195. The summed E-state index contributed by atoms with van der Waals surface area (Å²) in [6.07, 6.45) is 9.38. The Bertz CT molecular complexity index is 724. The van der Waals surface area contributed by atoms with Crippen LogP contribution < -0.4 is 20.1 Å². The Kier molecular flexibility index (Phi) is 7.53. The molecule has 150 valence electrons. The molecular formula is C22H29N3O3. The number of aromatic nitrogens is 1. The quantitative estimate of drug-likeness (QED) is 0.532. The lowest BCUT2D eigenvalue weighted by Gasteiger charge is -2.17. The van der Waals surface area contributed by atoms with Crippen molar-refractivity contribution in [2.75, 3.05) is 25.6 Å². The number of nitrogens with one attached hydrogen (secondary N) is 2. The zero-order valence-corrected chi connectivity index (χ0v) is 16.4. The van der Waals surface area contributed by atoms with Crippen molar-refractivity contribution in [1.82, 2.24) is 10.3 Å². The van der Waals surface area contributed by atoms with Crippen LogP contribution in [0.2, 0.25) is 0 Å². The number of methoxy groups -OCH3 is 1. The molecule has 6 nitrogen and oxygen atoms in total. The van der Waals surface area contributed by atoms with Crippen LogP contribution in [0.1, 0.15) is 49.0 Å². The molecular weight excluding hydrogens is 354 g/mol. The fourth-order valence-electron chi connectivity index (χ4n) is 3.37. The van der Waals surface area contributed by atoms with Crippen LogP contribution in [0.4, 0.5) is 5.69 Å². The fourth-order valence-corrected chi connectivity index (χ4v) is 3.37. The lowest BCUT2D eigenvalue weighted by atomic mass is 10.1. The summed E-state index contributed by atoms with van der Waals surface area (Å²) in [5, 5.41) is 6.37. The minimum Gasteiger partial charge on any atom is -0.497 e. The first kappa shape index (κ1) is 20.0. The number of carbonyl (C=O) groups excluding carboxylic acids is 1. The summed E-state index contributed by atoms with van der Waals surface area (Å²) in [5.74, 6) is 1.32. The Morgan fingerprint density at radius 2 is 1.75 bits per heavy atom. The first-order chi connectivity index (χ1) is 13.7. The van der Waals surface area contributed by atoms with Crippen LogP contribution in [-0.4, -0.2) is 37.2 Å². The van der Waals surface area contributed by atoms with E-state index in [0.29, 0.717) is 24.9 Å². The van der Waals surface area contributed by atoms with Gasteiger partial charge in [0, 0.05) is 6.04 Å². The van der Waals surface area contributed by atoms with Crippen LogP contribution in [-0.2, 0) is 0 Å². The third kappa shape index (κ3) is 6.15. The molecule has 1 aromatic carbocycles. The Balaban J connectivity index is 1.40. The van der Waals surface area contributed by atoms with E-state index >= 15 is 0 Å². The minimum atomic E-state index is -0.195. The van der Waals surface area contributed by atoms with Gasteiger partial charge in [0.25, 0.3) is 5.91 Å². The highest BCUT2D eigenvalue weighted by Gasteiger charge is 2.12. The second-order valence-corrected chi connectivity index (χ2v) is 7.04. The molecule has 3 rings (SSSR count). The first-order valence-electron chi connectivity index (χ1n) is 10.0. The van der Waals surface area contributed by atoms with Crippen LogP contribution in [0.15, 0.2) is 42.6 Å². The van der Waals surface area contributed by atoms with Crippen molar-refractivity contribution in [3.05, 3.63) is 48.3 Å². The summed E-state index contributed by atoms with van der Waals surface area (Å²) in [5.41, 5.74) is 1.39. The van der Waals surface area contributed by atoms with Gasteiger partial charge >= 0.3 is 0 Å². The van der Waals surface area contributed by atoms with E-state index in [0.717, 1.165) is 17.2 Å². The van der Waals surface area contributed by atoms with E-state index < -0.39 is 0 Å². The summed E-state index contributed by atoms with van der Waals surface area (Å²) < 4.78 is 10.7. The van der Waals surface area contributed by atoms with Gasteiger partial charge in [-0.3, -0.25) is 4.79 Å². The van der Waals surface area contributed by atoms with Crippen LogP contribution in [0.25, 0.3) is 0 Å². The van der Waals surface area contributed by atoms with Crippen LogP contribution in [0, 0.1) is 0 Å². The molecule has 2 aromatic rings. The van der Waals surface area contributed by atoms with Crippen molar-refractivity contribution in [1.29, 1.82) is 0 Å².